The zero-order valence-electron chi connectivity index (χ0n) is 20.5. The fourth-order valence-corrected chi connectivity index (χ4v) is 5.37. The Morgan fingerprint density at radius 1 is 1.14 bits per heavy atom. The second-order valence-electron chi connectivity index (χ2n) is 8.78. The first-order valence-corrected chi connectivity index (χ1v) is 12.9. The van der Waals surface area contributed by atoms with E-state index in [0.29, 0.717) is 6.54 Å². The zero-order chi connectivity index (χ0) is 24.8. The van der Waals surface area contributed by atoms with E-state index in [1.807, 2.05) is 73.3 Å². The van der Waals surface area contributed by atoms with E-state index in [1.54, 1.807) is 35.5 Å². The minimum absolute atomic E-state index is 0.0376. The van der Waals surface area contributed by atoms with Crippen LogP contribution in [0.5, 0.6) is 5.75 Å². The van der Waals surface area contributed by atoms with Crippen LogP contribution >= 0.6 is 11.3 Å². The Kier molecular flexibility index (Phi) is 8.03. The van der Waals surface area contributed by atoms with Gasteiger partial charge in [-0.2, -0.15) is 0 Å². The predicted molar refractivity (Wildman–Crippen MR) is 142 cm³/mol. The maximum absolute atomic E-state index is 13.7. The Labute approximate surface area is 211 Å². The Morgan fingerprint density at radius 3 is 2.57 bits per heavy atom. The molecule has 0 aliphatic carbocycles. The van der Waals surface area contributed by atoms with Crippen LogP contribution in [0.4, 0.5) is 0 Å². The topological polar surface area (TPSA) is 49.9 Å². The number of carbonyl (C=O) groups excluding carboxylic acids is 2. The molecule has 2 unspecified atom stereocenters. The highest BCUT2D eigenvalue weighted by atomic mass is 32.1. The number of benzene rings is 2. The molecular formula is C29H32N2O3S. The van der Waals surface area contributed by atoms with Crippen LogP contribution in [0, 0.1) is 0 Å². The molecule has 1 aliphatic rings. The fourth-order valence-electron chi connectivity index (χ4n) is 4.47. The summed E-state index contributed by atoms with van der Waals surface area (Å²) in [6.07, 6.45) is 4.98. The average molecular weight is 489 g/mol. The van der Waals surface area contributed by atoms with Crippen molar-refractivity contribution in [1.82, 2.24) is 9.80 Å². The van der Waals surface area contributed by atoms with Crippen LogP contribution in [0.3, 0.4) is 0 Å². The number of thiophene rings is 1. The van der Waals surface area contributed by atoms with Crippen LogP contribution < -0.4 is 4.74 Å². The van der Waals surface area contributed by atoms with Crippen molar-refractivity contribution in [3.63, 3.8) is 0 Å². The van der Waals surface area contributed by atoms with Crippen molar-refractivity contribution in [1.29, 1.82) is 0 Å². The summed E-state index contributed by atoms with van der Waals surface area (Å²) < 4.78 is 5.33. The van der Waals surface area contributed by atoms with Crippen LogP contribution in [-0.4, -0.2) is 47.9 Å². The molecule has 182 valence electrons. The van der Waals surface area contributed by atoms with Gasteiger partial charge in [-0.3, -0.25) is 9.59 Å². The summed E-state index contributed by atoms with van der Waals surface area (Å²) in [6, 6.07) is 19.5. The number of carbonyl (C=O) groups is 2. The van der Waals surface area contributed by atoms with Crippen molar-refractivity contribution >= 4 is 29.2 Å². The van der Waals surface area contributed by atoms with Gasteiger partial charge in [0.1, 0.15) is 12.3 Å². The Hall–Kier alpha value is -3.38. The molecule has 4 rings (SSSR count). The SMILES string of the molecule is CCC(C)N(CC(=O)N1CCc2sccc2C1c1ccc(OC)cc1)C(=O)C=Cc1ccccc1. The lowest BCUT2D eigenvalue weighted by Crippen LogP contribution is -2.48. The van der Waals surface area contributed by atoms with Crippen LogP contribution in [0.25, 0.3) is 6.08 Å². The highest BCUT2D eigenvalue weighted by Gasteiger charge is 2.34. The fraction of sp³-hybridized carbons (Fsp3) is 0.310. The molecule has 0 saturated carbocycles. The van der Waals surface area contributed by atoms with Gasteiger partial charge in [0.05, 0.1) is 13.2 Å². The number of hydrogen-bond donors (Lipinski definition) is 0. The van der Waals surface area contributed by atoms with Gasteiger partial charge in [0.15, 0.2) is 0 Å². The van der Waals surface area contributed by atoms with Crippen molar-refractivity contribution in [2.45, 2.75) is 38.8 Å². The molecule has 1 aliphatic heterocycles. The Balaban J connectivity index is 1.58. The molecule has 0 bridgehead atoms. The molecule has 2 aromatic carbocycles. The molecule has 0 fully saturated rings. The van der Waals surface area contributed by atoms with Crippen molar-refractivity contribution < 1.29 is 14.3 Å². The number of hydrogen-bond acceptors (Lipinski definition) is 4. The summed E-state index contributed by atoms with van der Waals surface area (Å²) in [7, 11) is 1.65. The van der Waals surface area contributed by atoms with E-state index in [2.05, 4.69) is 11.4 Å². The van der Waals surface area contributed by atoms with E-state index < -0.39 is 0 Å². The second kappa shape index (κ2) is 11.4. The largest absolute Gasteiger partial charge is 0.497 e. The average Bonchev–Trinajstić information content (AvgIpc) is 3.39. The maximum Gasteiger partial charge on any atom is 0.247 e. The first-order chi connectivity index (χ1) is 17.0. The van der Waals surface area contributed by atoms with Gasteiger partial charge in [-0.05, 0) is 66.1 Å². The van der Waals surface area contributed by atoms with Gasteiger partial charge < -0.3 is 14.5 Å². The second-order valence-corrected chi connectivity index (χ2v) is 9.78. The quantitative estimate of drug-likeness (QED) is 0.390. The normalized spacial score (nSPS) is 16.1. The van der Waals surface area contributed by atoms with Gasteiger partial charge in [-0.1, -0.05) is 49.4 Å². The number of ether oxygens (including phenoxy) is 1. The first-order valence-electron chi connectivity index (χ1n) is 12.0. The van der Waals surface area contributed by atoms with Crippen LogP contribution in [0.15, 0.2) is 72.1 Å². The highest BCUT2D eigenvalue weighted by Crippen LogP contribution is 2.38. The van der Waals surface area contributed by atoms with Gasteiger partial charge in [0, 0.05) is 23.5 Å². The maximum atomic E-state index is 13.7. The number of amides is 2. The molecule has 0 radical (unpaired) electrons. The Morgan fingerprint density at radius 2 is 1.89 bits per heavy atom. The van der Waals surface area contributed by atoms with Gasteiger partial charge >= 0.3 is 0 Å². The number of methoxy groups -OCH3 is 1. The Bertz CT molecular complexity index is 1170. The molecule has 2 amide bonds. The van der Waals surface area contributed by atoms with Crippen molar-refractivity contribution in [3.05, 3.63) is 93.7 Å². The van der Waals surface area contributed by atoms with E-state index in [1.165, 1.54) is 10.4 Å². The standard InChI is InChI=1S/C29H32N2O3S/c1-4-21(2)31(27(32)15-10-22-8-6-5-7-9-22)20-28(33)30-18-16-26-25(17-19-35-26)29(30)23-11-13-24(34-3)14-12-23/h5-15,17,19,21,29H,4,16,18,20H2,1-3H3. The summed E-state index contributed by atoms with van der Waals surface area (Å²) in [5, 5.41) is 2.10. The summed E-state index contributed by atoms with van der Waals surface area (Å²) in [4.78, 5) is 31.8. The van der Waals surface area contributed by atoms with Gasteiger partial charge in [-0.25, -0.2) is 0 Å². The zero-order valence-corrected chi connectivity index (χ0v) is 21.3. The minimum Gasteiger partial charge on any atom is -0.497 e. The van der Waals surface area contributed by atoms with Crippen LogP contribution in [0.1, 0.15) is 47.9 Å². The van der Waals surface area contributed by atoms with Crippen molar-refractivity contribution in [3.8, 4) is 5.75 Å². The predicted octanol–water partition coefficient (Wildman–Crippen LogP) is 5.57. The minimum atomic E-state index is -0.169. The molecule has 6 heteroatoms. The van der Waals surface area contributed by atoms with Gasteiger partial charge in [0.2, 0.25) is 11.8 Å². The molecule has 5 nitrogen and oxygen atoms in total. The summed E-state index contributed by atoms with van der Waals surface area (Å²) in [5.74, 6) is 0.599. The number of rotatable bonds is 8. The summed E-state index contributed by atoms with van der Waals surface area (Å²) >= 11 is 1.74. The van der Waals surface area contributed by atoms with E-state index in [9.17, 15) is 9.59 Å². The molecule has 35 heavy (non-hydrogen) atoms. The third-order valence-corrected chi connectivity index (χ3v) is 7.64. The molecular weight excluding hydrogens is 456 g/mol. The molecule has 3 aromatic rings. The number of fused-ring (bicyclic) bond motifs is 1. The van der Waals surface area contributed by atoms with E-state index in [0.717, 1.165) is 29.7 Å². The third-order valence-electron chi connectivity index (χ3n) is 6.65. The number of nitrogens with zero attached hydrogens (tertiary/aromatic N) is 2. The van der Waals surface area contributed by atoms with Crippen molar-refractivity contribution in [2.24, 2.45) is 0 Å². The monoisotopic (exact) mass is 488 g/mol. The summed E-state index contributed by atoms with van der Waals surface area (Å²) in [6.45, 7) is 4.72. The molecule has 0 saturated heterocycles. The summed E-state index contributed by atoms with van der Waals surface area (Å²) in [5.41, 5.74) is 3.17. The molecule has 0 spiro atoms. The molecule has 0 N–H and O–H groups in total. The van der Waals surface area contributed by atoms with E-state index in [4.69, 9.17) is 4.74 Å². The lowest BCUT2D eigenvalue weighted by atomic mass is 9.93. The van der Waals surface area contributed by atoms with E-state index in [-0.39, 0.29) is 30.4 Å². The van der Waals surface area contributed by atoms with Gasteiger partial charge in [-0.15, -0.1) is 11.3 Å². The smallest absolute Gasteiger partial charge is 0.247 e. The lowest BCUT2D eigenvalue weighted by molar-refractivity contribution is -0.141. The van der Waals surface area contributed by atoms with Crippen LogP contribution in [-0.2, 0) is 16.0 Å². The molecule has 2 heterocycles. The molecule has 1 aromatic heterocycles. The first kappa shape index (κ1) is 24.7. The van der Waals surface area contributed by atoms with Crippen molar-refractivity contribution in [2.75, 3.05) is 20.2 Å². The van der Waals surface area contributed by atoms with Gasteiger partial charge in [0.25, 0.3) is 0 Å². The lowest BCUT2D eigenvalue weighted by Gasteiger charge is -2.38. The highest BCUT2D eigenvalue weighted by molar-refractivity contribution is 7.10. The van der Waals surface area contributed by atoms with E-state index >= 15 is 0 Å². The molecule has 2 atom stereocenters. The third kappa shape index (κ3) is 5.65. The van der Waals surface area contributed by atoms with Crippen LogP contribution in [0.2, 0.25) is 0 Å².